The van der Waals surface area contributed by atoms with Crippen molar-refractivity contribution in [3.8, 4) is 11.8 Å². The summed E-state index contributed by atoms with van der Waals surface area (Å²) in [5.74, 6) is 5.62. The van der Waals surface area contributed by atoms with Crippen molar-refractivity contribution in [2.24, 2.45) is 0 Å². The van der Waals surface area contributed by atoms with E-state index >= 15 is 0 Å². The van der Waals surface area contributed by atoms with E-state index in [2.05, 4.69) is 18.8 Å². The van der Waals surface area contributed by atoms with Crippen molar-refractivity contribution in [1.29, 1.82) is 0 Å². The minimum Gasteiger partial charge on any atom is -0.452 e. The van der Waals surface area contributed by atoms with Gasteiger partial charge in [-0.2, -0.15) is 0 Å². The molecule has 2 nitrogen and oxygen atoms in total. The smallest absolute Gasteiger partial charge is 0.306 e. The number of rotatable bonds is 5. The van der Waals surface area contributed by atoms with E-state index < -0.39 is 0 Å². The van der Waals surface area contributed by atoms with E-state index in [0.717, 1.165) is 24.8 Å². The number of carbonyl (C=O) groups is 1. The molecule has 0 aliphatic rings. The molecule has 0 atom stereocenters. The van der Waals surface area contributed by atoms with E-state index in [4.69, 9.17) is 4.74 Å². The van der Waals surface area contributed by atoms with Gasteiger partial charge in [-0.15, -0.1) is 0 Å². The van der Waals surface area contributed by atoms with Gasteiger partial charge in [0.1, 0.15) is 0 Å². The van der Waals surface area contributed by atoms with E-state index in [1.165, 1.54) is 0 Å². The van der Waals surface area contributed by atoms with Crippen LogP contribution in [0.15, 0.2) is 30.3 Å². The van der Waals surface area contributed by atoms with Crippen molar-refractivity contribution in [2.75, 3.05) is 6.61 Å². The lowest BCUT2D eigenvalue weighted by molar-refractivity contribution is -0.142. The summed E-state index contributed by atoms with van der Waals surface area (Å²) < 4.78 is 5.00. The predicted molar refractivity (Wildman–Crippen MR) is 68.4 cm³/mol. The molecule has 0 unspecified atom stereocenters. The van der Waals surface area contributed by atoms with E-state index in [9.17, 15) is 4.79 Å². The lowest BCUT2D eigenvalue weighted by Crippen LogP contribution is -2.04. The fourth-order valence-electron chi connectivity index (χ4n) is 1.37. The maximum atomic E-state index is 11.2. The summed E-state index contributed by atoms with van der Waals surface area (Å²) in [5.41, 5.74) is 0.939. The van der Waals surface area contributed by atoms with Crippen molar-refractivity contribution in [3.05, 3.63) is 35.9 Å². The number of unbranched alkanes of at least 4 members (excludes halogenated alkanes) is 2. The third kappa shape index (κ3) is 6.42. The second-order valence-corrected chi connectivity index (χ2v) is 3.79. The van der Waals surface area contributed by atoms with Crippen LogP contribution in [0.2, 0.25) is 0 Å². The molecule has 0 aliphatic carbocycles. The van der Waals surface area contributed by atoms with Gasteiger partial charge >= 0.3 is 5.97 Å². The van der Waals surface area contributed by atoms with Crippen molar-refractivity contribution >= 4 is 5.97 Å². The quantitative estimate of drug-likeness (QED) is 0.441. The van der Waals surface area contributed by atoms with Gasteiger partial charge in [0.15, 0.2) is 6.61 Å². The Morgan fingerprint density at radius 3 is 2.71 bits per heavy atom. The SMILES string of the molecule is CCCCCC(=O)OCC#Cc1ccccc1. The normalized spacial score (nSPS) is 9.24. The van der Waals surface area contributed by atoms with Gasteiger partial charge in [0.2, 0.25) is 0 Å². The molecule has 0 saturated carbocycles. The number of esters is 1. The molecule has 2 heteroatoms. The molecule has 0 spiro atoms. The molecule has 0 fully saturated rings. The third-order valence-corrected chi connectivity index (χ3v) is 2.30. The van der Waals surface area contributed by atoms with Gasteiger partial charge < -0.3 is 4.74 Å². The van der Waals surface area contributed by atoms with Crippen LogP contribution in [0.25, 0.3) is 0 Å². The van der Waals surface area contributed by atoms with E-state index in [1.807, 2.05) is 30.3 Å². The van der Waals surface area contributed by atoms with Gasteiger partial charge in [0.25, 0.3) is 0 Å². The topological polar surface area (TPSA) is 26.3 Å². The summed E-state index contributed by atoms with van der Waals surface area (Å²) in [6.07, 6.45) is 3.59. The van der Waals surface area contributed by atoms with Crippen LogP contribution in [-0.2, 0) is 9.53 Å². The van der Waals surface area contributed by atoms with Gasteiger partial charge in [-0.05, 0) is 18.6 Å². The molecule has 1 rings (SSSR count). The zero-order valence-corrected chi connectivity index (χ0v) is 10.2. The van der Waals surface area contributed by atoms with Gasteiger partial charge in [0.05, 0.1) is 0 Å². The van der Waals surface area contributed by atoms with Crippen LogP contribution in [-0.4, -0.2) is 12.6 Å². The Labute approximate surface area is 103 Å². The number of hydrogen-bond acceptors (Lipinski definition) is 2. The predicted octanol–water partition coefficient (Wildman–Crippen LogP) is 3.16. The fourth-order valence-corrected chi connectivity index (χ4v) is 1.37. The van der Waals surface area contributed by atoms with Crippen LogP contribution >= 0.6 is 0 Å². The summed E-state index contributed by atoms with van der Waals surface area (Å²) in [6, 6.07) is 9.66. The maximum Gasteiger partial charge on any atom is 0.306 e. The minimum atomic E-state index is -0.152. The highest BCUT2D eigenvalue weighted by Crippen LogP contribution is 2.00. The Kier molecular flexibility index (Phi) is 6.59. The molecule has 1 aromatic carbocycles. The highest BCUT2D eigenvalue weighted by Gasteiger charge is 1.99. The summed E-state index contributed by atoms with van der Waals surface area (Å²) in [6.45, 7) is 2.29. The highest BCUT2D eigenvalue weighted by atomic mass is 16.5. The summed E-state index contributed by atoms with van der Waals surface area (Å²) in [7, 11) is 0. The Morgan fingerprint density at radius 1 is 1.24 bits per heavy atom. The van der Waals surface area contributed by atoms with Gasteiger partial charge in [-0.1, -0.05) is 49.8 Å². The zero-order chi connectivity index (χ0) is 12.3. The highest BCUT2D eigenvalue weighted by molar-refractivity contribution is 5.69. The Morgan fingerprint density at radius 2 is 2.00 bits per heavy atom. The monoisotopic (exact) mass is 230 g/mol. The molecule has 0 aromatic heterocycles. The van der Waals surface area contributed by atoms with Crippen LogP contribution in [0.4, 0.5) is 0 Å². The lowest BCUT2D eigenvalue weighted by atomic mass is 10.2. The molecule has 0 bridgehead atoms. The number of ether oxygens (including phenoxy) is 1. The zero-order valence-electron chi connectivity index (χ0n) is 10.2. The molecular formula is C15H18O2. The van der Waals surface area contributed by atoms with Gasteiger partial charge in [-0.3, -0.25) is 4.79 Å². The van der Waals surface area contributed by atoms with Crippen LogP contribution in [0.5, 0.6) is 0 Å². The average molecular weight is 230 g/mol. The first kappa shape index (κ1) is 13.3. The van der Waals surface area contributed by atoms with Gasteiger partial charge in [0, 0.05) is 12.0 Å². The van der Waals surface area contributed by atoms with Crippen LogP contribution in [0.3, 0.4) is 0 Å². The first-order valence-corrected chi connectivity index (χ1v) is 6.02. The largest absolute Gasteiger partial charge is 0.452 e. The second kappa shape index (κ2) is 8.41. The summed E-state index contributed by atoms with van der Waals surface area (Å²) in [4.78, 5) is 11.2. The van der Waals surface area contributed by atoms with Crippen molar-refractivity contribution in [2.45, 2.75) is 32.6 Å². The molecule has 0 aliphatic heterocycles. The molecule has 0 saturated heterocycles. The van der Waals surface area contributed by atoms with Crippen molar-refractivity contribution in [1.82, 2.24) is 0 Å². The summed E-state index contributed by atoms with van der Waals surface area (Å²) >= 11 is 0. The number of benzene rings is 1. The Bertz CT molecular complexity index is 384. The Hall–Kier alpha value is -1.75. The number of carbonyl (C=O) groups excluding carboxylic acids is 1. The molecule has 0 radical (unpaired) electrons. The van der Waals surface area contributed by atoms with E-state index in [1.54, 1.807) is 0 Å². The summed E-state index contributed by atoms with van der Waals surface area (Å²) in [5, 5.41) is 0. The van der Waals surface area contributed by atoms with Crippen LogP contribution < -0.4 is 0 Å². The average Bonchev–Trinajstić information content (AvgIpc) is 2.36. The van der Waals surface area contributed by atoms with Crippen LogP contribution in [0.1, 0.15) is 38.2 Å². The van der Waals surface area contributed by atoms with E-state index in [0.29, 0.717) is 6.42 Å². The molecule has 0 N–H and O–H groups in total. The third-order valence-electron chi connectivity index (χ3n) is 2.30. The fraction of sp³-hybridized carbons (Fsp3) is 0.400. The van der Waals surface area contributed by atoms with Crippen molar-refractivity contribution in [3.63, 3.8) is 0 Å². The molecule has 17 heavy (non-hydrogen) atoms. The van der Waals surface area contributed by atoms with Crippen LogP contribution in [0, 0.1) is 11.8 Å². The molecule has 0 amide bonds. The standard InChI is InChI=1S/C15H18O2/c1-2-3-5-12-15(16)17-13-8-11-14-9-6-4-7-10-14/h4,6-7,9-10H,2-3,5,12-13H2,1H3. The number of hydrogen-bond donors (Lipinski definition) is 0. The molecular weight excluding hydrogens is 212 g/mol. The first-order chi connectivity index (χ1) is 8.33. The minimum absolute atomic E-state index is 0.152. The van der Waals surface area contributed by atoms with Gasteiger partial charge in [-0.25, -0.2) is 0 Å². The van der Waals surface area contributed by atoms with Crippen molar-refractivity contribution < 1.29 is 9.53 Å². The lowest BCUT2D eigenvalue weighted by Gasteiger charge is -1.99. The first-order valence-electron chi connectivity index (χ1n) is 6.02. The maximum absolute atomic E-state index is 11.2. The van der Waals surface area contributed by atoms with E-state index in [-0.39, 0.29) is 12.6 Å². The molecule has 1 aromatic rings. The molecule has 90 valence electrons. The second-order valence-electron chi connectivity index (χ2n) is 3.79. The Balaban J connectivity index is 2.19. The molecule has 0 heterocycles.